The maximum Gasteiger partial charge on any atom is 0.119 e. The van der Waals surface area contributed by atoms with E-state index in [2.05, 4.69) is 50.0 Å². The van der Waals surface area contributed by atoms with Crippen LogP contribution in [0.5, 0.6) is 5.75 Å². The summed E-state index contributed by atoms with van der Waals surface area (Å²) in [6.45, 7) is 7.11. The van der Waals surface area contributed by atoms with Gasteiger partial charge in [0.2, 0.25) is 0 Å². The fourth-order valence-electron chi connectivity index (χ4n) is 2.09. The maximum atomic E-state index is 5.73. The van der Waals surface area contributed by atoms with E-state index in [0.717, 1.165) is 25.2 Å². The SMILES string of the molecule is CC#CC(C)Cc1ccc(OCCCCCC)cc1. The van der Waals surface area contributed by atoms with Gasteiger partial charge in [0, 0.05) is 5.92 Å². The van der Waals surface area contributed by atoms with Crippen molar-refractivity contribution >= 4 is 0 Å². The van der Waals surface area contributed by atoms with Crippen molar-refractivity contribution in [1.82, 2.24) is 0 Å². The molecule has 1 aromatic rings. The van der Waals surface area contributed by atoms with Crippen LogP contribution in [0.1, 0.15) is 52.0 Å². The lowest BCUT2D eigenvalue weighted by atomic mass is 10.0. The predicted octanol–water partition coefficient (Wildman–Crippen LogP) is 4.85. The molecule has 0 aliphatic carbocycles. The molecule has 0 spiro atoms. The summed E-state index contributed by atoms with van der Waals surface area (Å²) in [6.07, 6.45) is 6.00. The van der Waals surface area contributed by atoms with Crippen molar-refractivity contribution in [3.05, 3.63) is 29.8 Å². The first-order valence-corrected chi connectivity index (χ1v) is 7.40. The summed E-state index contributed by atoms with van der Waals surface area (Å²) in [4.78, 5) is 0. The van der Waals surface area contributed by atoms with Gasteiger partial charge >= 0.3 is 0 Å². The maximum absolute atomic E-state index is 5.73. The van der Waals surface area contributed by atoms with Gasteiger partial charge in [0.05, 0.1) is 6.61 Å². The van der Waals surface area contributed by atoms with E-state index in [1.165, 1.54) is 24.8 Å². The van der Waals surface area contributed by atoms with Gasteiger partial charge in [0.1, 0.15) is 5.75 Å². The second-order valence-corrected chi connectivity index (χ2v) is 5.05. The van der Waals surface area contributed by atoms with Gasteiger partial charge < -0.3 is 4.74 Å². The van der Waals surface area contributed by atoms with Crippen LogP contribution >= 0.6 is 0 Å². The van der Waals surface area contributed by atoms with Gasteiger partial charge in [-0.3, -0.25) is 0 Å². The highest BCUT2D eigenvalue weighted by Crippen LogP contribution is 2.15. The molecule has 0 radical (unpaired) electrons. The molecule has 0 bridgehead atoms. The average Bonchev–Trinajstić information content (AvgIpc) is 2.41. The van der Waals surface area contributed by atoms with E-state index in [0.29, 0.717) is 5.92 Å². The Balaban J connectivity index is 2.32. The summed E-state index contributed by atoms with van der Waals surface area (Å²) in [5.41, 5.74) is 1.33. The summed E-state index contributed by atoms with van der Waals surface area (Å²) in [6, 6.07) is 8.44. The van der Waals surface area contributed by atoms with E-state index in [1.54, 1.807) is 0 Å². The van der Waals surface area contributed by atoms with Gasteiger partial charge in [-0.2, -0.15) is 0 Å². The van der Waals surface area contributed by atoms with Crippen molar-refractivity contribution in [3.63, 3.8) is 0 Å². The van der Waals surface area contributed by atoms with Crippen molar-refractivity contribution in [2.45, 2.75) is 52.9 Å². The van der Waals surface area contributed by atoms with Gasteiger partial charge in [0.25, 0.3) is 0 Å². The Morgan fingerprint density at radius 2 is 1.84 bits per heavy atom. The van der Waals surface area contributed by atoms with Crippen LogP contribution in [0.15, 0.2) is 24.3 Å². The van der Waals surface area contributed by atoms with Crippen molar-refractivity contribution in [2.24, 2.45) is 5.92 Å². The van der Waals surface area contributed by atoms with Crippen LogP contribution in [0.4, 0.5) is 0 Å². The Kier molecular flexibility index (Phi) is 7.82. The molecule has 104 valence electrons. The molecule has 1 aromatic carbocycles. The molecule has 0 fully saturated rings. The van der Waals surface area contributed by atoms with Crippen LogP contribution in [0, 0.1) is 17.8 Å². The van der Waals surface area contributed by atoms with E-state index in [1.807, 2.05) is 6.92 Å². The Morgan fingerprint density at radius 3 is 2.47 bits per heavy atom. The first-order chi connectivity index (χ1) is 9.26. The normalized spacial score (nSPS) is 11.5. The van der Waals surface area contributed by atoms with Crippen LogP contribution in [-0.4, -0.2) is 6.61 Å². The number of hydrogen-bond acceptors (Lipinski definition) is 1. The molecule has 1 rings (SSSR count). The van der Waals surface area contributed by atoms with E-state index in [9.17, 15) is 0 Å². The van der Waals surface area contributed by atoms with Crippen molar-refractivity contribution < 1.29 is 4.74 Å². The molecule has 0 N–H and O–H groups in total. The average molecular weight is 258 g/mol. The van der Waals surface area contributed by atoms with Crippen LogP contribution in [0.3, 0.4) is 0 Å². The Bertz CT molecular complexity index is 394. The summed E-state index contributed by atoms with van der Waals surface area (Å²) < 4.78 is 5.73. The number of ether oxygens (including phenoxy) is 1. The third-order valence-corrected chi connectivity index (χ3v) is 3.12. The standard InChI is InChI=1S/C18H26O/c1-4-6-7-8-14-19-18-12-10-17(11-13-18)15-16(3)9-5-2/h10-13,16H,4,6-8,14-15H2,1-3H3. The third kappa shape index (κ3) is 6.91. The summed E-state index contributed by atoms with van der Waals surface area (Å²) in [5, 5.41) is 0. The molecule has 19 heavy (non-hydrogen) atoms. The molecule has 0 aromatic heterocycles. The Labute approximate surface area is 118 Å². The lowest BCUT2D eigenvalue weighted by Crippen LogP contribution is -1.99. The fourth-order valence-corrected chi connectivity index (χ4v) is 2.09. The van der Waals surface area contributed by atoms with E-state index in [4.69, 9.17) is 4.74 Å². The fraction of sp³-hybridized carbons (Fsp3) is 0.556. The highest BCUT2D eigenvalue weighted by molar-refractivity contribution is 5.28. The quantitative estimate of drug-likeness (QED) is 0.478. The number of rotatable bonds is 8. The molecule has 0 heterocycles. The highest BCUT2D eigenvalue weighted by atomic mass is 16.5. The van der Waals surface area contributed by atoms with Crippen LogP contribution < -0.4 is 4.74 Å². The molecular formula is C18H26O. The van der Waals surface area contributed by atoms with Crippen molar-refractivity contribution in [3.8, 4) is 17.6 Å². The minimum atomic E-state index is 0.422. The molecule has 1 nitrogen and oxygen atoms in total. The molecule has 0 saturated carbocycles. The first kappa shape index (κ1) is 15.6. The summed E-state index contributed by atoms with van der Waals surface area (Å²) >= 11 is 0. The molecule has 1 atom stereocenters. The second-order valence-electron chi connectivity index (χ2n) is 5.05. The smallest absolute Gasteiger partial charge is 0.119 e. The van der Waals surface area contributed by atoms with Gasteiger partial charge in [-0.15, -0.1) is 11.8 Å². The van der Waals surface area contributed by atoms with Crippen molar-refractivity contribution in [2.75, 3.05) is 6.61 Å². The summed E-state index contributed by atoms with van der Waals surface area (Å²) in [5.74, 6) is 7.55. The zero-order valence-electron chi connectivity index (χ0n) is 12.5. The third-order valence-electron chi connectivity index (χ3n) is 3.12. The Morgan fingerprint density at radius 1 is 1.11 bits per heavy atom. The number of benzene rings is 1. The van der Waals surface area contributed by atoms with Crippen LogP contribution in [-0.2, 0) is 6.42 Å². The van der Waals surface area contributed by atoms with Crippen LogP contribution in [0.2, 0.25) is 0 Å². The highest BCUT2D eigenvalue weighted by Gasteiger charge is 2.00. The van der Waals surface area contributed by atoms with Crippen LogP contribution in [0.25, 0.3) is 0 Å². The minimum absolute atomic E-state index is 0.422. The number of unbranched alkanes of at least 4 members (excludes halogenated alkanes) is 3. The monoisotopic (exact) mass is 258 g/mol. The lowest BCUT2D eigenvalue weighted by molar-refractivity contribution is 0.305. The molecule has 1 unspecified atom stereocenters. The summed E-state index contributed by atoms with van der Waals surface area (Å²) in [7, 11) is 0. The molecule has 0 amide bonds. The molecule has 1 heteroatoms. The predicted molar refractivity (Wildman–Crippen MR) is 82.4 cm³/mol. The second kappa shape index (κ2) is 9.50. The molecular weight excluding hydrogens is 232 g/mol. The van der Waals surface area contributed by atoms with Crippen molar-refractivity contribution in [1.29, 1.82) is 0 Å². The van der Waals surface area contributed by atoms with E-state index >= 15 is 0 Å². The van der Waals surface area contributed by atoms with Gasteiger partial charge in [-0.25, -0.2) is 0 Å². The number of hydrogen-bond donors (Lipinski definition) is 0. The van der Waals surface area contributed by atoms with Gasteiger partial charge in [-0.05, 0) is 37.5 Å². The topological polar surface area (TPSA) is 9.23 Å². The molecule has 0 saturated heterocycles. The molecule has 0 aliphatic heterocycles. The van der Waals surface area contributed by atoms with Gasteiger partial charge in [-0.1, -0.05) is 45.2 Å². The minimum Gasteiger partial charge on any atom is -0.494 e. The van der Waals surface area contributed by atoms with E-state index in [-0.39, 0.29) is 0 Å². The lowest BCUT2D eigenvalue weighted by Gasteiger charge is -2.08. The van der Waals surface area contributed by atoms with Gasteiger partial charge in [0.15, 0.2) is 0 Å². The first-order valence-electron chi connectivity index (χ1n) is 7.40. The zero-order chi connectivity index (χ0) is 13.9. The van der Waals surface area contributed by atoms with E-state index < -0.39 is 0 Å². The largest absolute Gasteiger partial charge is 0.494 e. The molecule has 0 aliphatic rings. The Hall–Kier alpha value is -1.42. The zero-order valence-corrected chi connectivity index (χ0v) is 12.5.